The van der Waals surface area contributed by atoms with Crippen molar-refractivity contribution >= 4 is 34.9 Å². The van der Waals surface area contributed by atoms with Crippen molar-refractivity contribution in [3.63, 3.8) is 0 Å². The smallest absolute Gasteiger partial charge is 0.336 e. The molecule has 6 nitrogen and oxygen atoms in total. The zero-order valence-corrected chi connectivity index (χ0v) is 20.9. The molecule has 0 saturated carbocycles. The first-order valence-corrected chi connectivity index (χ1v) is 12.0. The lowest BCUT2D eigenvalue weighted by Gasteiger charge is -2.47. The Morgan fingerprint density at radius 1 is 1.12 bits per heavy atom. The lowest BCUT2D eigenvalue weighted by molar-refractivity contribution is -0.150. The van der Waals surface area contributed by atoms with Crippen LogP contribution in [0.3, 0.4) is 0 Å². The van der Waals surface area contributed by atoms with E-state index in [0.717, 1.165) is 10.6 Å². The minimum atomic E-state index is -1.17. The second-order valence-electron chi connectivity index (χ2n) is 8.12. The lowest BCUT2D eigenvalue weighted by atomic mass is 9.61. The zero-order chi connectivity index (χ0) is 24.5. The van der Waals surface area contributed by atoms with Gasteiger partial charge in [0.2, 0.25) is 0 Å². The summed E-state index contributed by atoms with van der Waals surface area (Å²) in [6.07, 6.45) is 1.67. The number of hydrogen-bond donors (Lipinski definition) is 1. The first-order chi connectivity index (χ1) is 16.4. The van der Waals surface area contributed by atoms with Crippen LogP contribution < -0.4 is 5.32 Å². The van der Waals surface area contributed by atoms with Gasteiger partial charge in [0.15, 0.2) is 0 Å². The topological polar surface area (TPSA) is 77.5 Å². The van der Waals surface area contributed by atoms with Crippen LogP contribution in [0.1, 0.15) is 30.3 Å². The Kier molecular flexibility index (Phi) is 6.77. The summed E-state index contributed by atoms with van der Waals surface area (Å²) in [6.45, 7) is 3.73. The molecule has 3 unspecified atom stereocenters. The van der Waals surface area contributed by atoms with Crippen molar-refractivity contribution in [3.05, 3.63) is 87.0 Å². The Morgan fingerprint density at radius 3 is 2.32 bits per heavy atom. The number of ether oxygens (including phenoxy) is 2. The molecular weight excluding hydrogens is 472 g/mol. The van der Waals surface area contributed by atoms with E-state index in [4.69, 9.17) is 21.1 Å². The minimum absolute atomic E-state index is 0.338. The summed E-state index contributed by atoms with van der Waals surface area (Å²) in [5, 5.41) is 6.69. The Morgan fingerprint density at radius 2 is 1.85 bits per heavy atom. The average Bonchev–Trinajstić information content (AvgIpc) is 3.25. The third kappa shape index (κ3) is 3.99. The number of allylic oxidation sites excluding steroid dienone is 1. The normalized spacial score (nSPS) is 22.1. The van der Waals surface area contributed by atoms with Gasteiger partial charge in [0, 0.05) is 33.9 Å². The number of esters is 2. The predicted octanol–water partition coefficient (Wildman–Crippen LogP) is 5.10. The fourth-order valence-electron chi connectivity index (χ4n) is 4.72. The number of benzene rings is 2. The Bertz CT molecular complexity index is 1240. The molecule has 5 rings (SSSR count). The fraction of sp³-hybridized carbons (Fsp3) is 0.269. The van der Waals surface area contributed by atoms with Crippen LogP contribution >= 0.6 is 22.9 Å². The van der Waals surface area contributed by atoms with E-state index in [1.165, 1.54) is 36.7 Å². The van der Waals surface area contributed by atoms with E-state index in [-0.39, 0.29) is 6.04 Å². The van der Waals surface area contributed by atoms with Gasteiger partial charge in [-0.1, -0.05) is 48.0 Å². The molecule has 34 heavy (non-hydrogen) atoms. The summed E-state index contributed by atoms with van der Waals surface area (Å²) in [5.41, 5.74) is 3.19. The van der Waals surface area contributed by atoms with Crippen molar-refractivity contribution in [1.29, 1.82) is 0 Å². The number of nitrogens with one attached hydrogen (secondary N) is 1. The molecule has 0 bridgehead atoms. The Balaban J connectivity index is 0.000000328. The molecule has 2 aromatic rings. The van der Waals surface area contributed by atoms with Crippen LogP contribution in [0.15, 0.2) is 71.4 Å². The van der Waals surface area contributed by atoms with Gasteiger partial charge in [-0.15, -0.1) is 11.3 Å². The molecule has 0 spiro atoms. The lowest BCUT2D eigenvalue weighted by Crippen LogP contribution is -2.60. The van der Waals surface area contributed by atoms with Crippen LogP contribution in [0.25, 0.3) is 11.1 Å². The summed E-state index contributed by atoms with van der Waals surface area (Å²) in [7, 11) is 2.70. The first kappa shape index (κ1) is 24.0. The number of thiazole rings is 1. The van der Waals surface area contributed by atoms with Gasteiger partial charge in [0.1, 0.15) is 10.4 Å². The molecule has 3 aliphatic rings. The van der Waals surface area contributed by atoms with Gasteiger partial charge in [0.05, 0.1) is 25.7 Å². The molecule has 8 heteroatoms. The molecule has 1 aromatic carbocycles. The molecule has 2 heterocycles. The quantitative estimate of drug-likeness (QED) is 0.396. The standard InChI is InChI=1S/C20H22N2O4S.C6H3Cl/c1-12-15(18(23)25-3)16(17-21-10-11-27-17)20(13(2)22-12,19(24)26-4)14-8-6-5-7-9-14;7-6-2-1-4-3-5(4)6/h5-11,13,16,22H,1-4H3;1-3H. The predicted molar refractivity (Wildman–Crippen MR) is 133 cm³/mol. The molecular formula is C26H25ClN2O4S. The summed E-state index contributed by atoms with van der Waals surface area (Å²) in [5.74, 6) is -1.55. The highest BCUT2D eigenvalue weighted by Gasteiger charge is 2.59. The number of aromatic nitrogens is 1. The average molecular weight is 497 g/mol. The number of nitrogens with zero attached hydrogens (tertiary/aromatic N) is 1. The van der Waals surface area contributed by atoms with Gasteiger partial charge in [0.25, 0.3) is 0 Å². The van der Waals surface area contributed by atoms with Gasteiger partial charge >= 0.3 is 11.9 Å². The van der Waals surface area contributed by atoms with Crippen molar-refractivity contribution in [1.82, 2.24) is 10.3 Å². The number of carbonyl (C=O) groups is 2. The summed E-state index contributed by atoms with van der Waals surface area (Å²) >= 11 is 7.05. The maximum atomic E-state index is 13.3. The van der Waals surface area contributed by atoms with Crippen LogP contribution in [0.5, 0.6) is 0 Å². The highest BCUT2D eigenvalue weighted by atomic mass is 35.5. The van der Waals surface area contributed by atoms with Crippen molar-refractivity contribution in [2.24, 2.45) is 0 Å². The van der Waals surface area contributed by atoms with Crippen LogP contribution in [-0.2, 0) is 24.5 Å². The third-order valence-corrected chi connectivity index (χ3v) is 7.51. The van der Waals surface area contributed by atoms with Gasteiger partial charge in [-0.2, -0.15) is 0 Å². The summed E-state index contributed by atoms with van der Waals surface area (Å²) in [6, 6.07) is 15.1. The number of hydrogen-bond acceptors (Lipinski definition) is 7. The van der Waals surface area contributed by atoms with Crippen molar-refractivity contribution in [3.8, 4) is 11.1 Å². The van der Waals surface area contributed by atoms with Crippen molar-refractivity contribution in [2.75, 3.05) is 14.2 Å². The van der Waals surface area contributed by atoms with E-state index >= 15 is 0 Å². The number of halogens is 1. The molecule has 0 radical (unpaired) electrons. The molecule has 2 aliphatic carbocycles. The van der Waals surface area contributed by atoms with Gasteiger partial charge in [-0.25, -0.2) is 9.78 Å². The molecule has 0 saturated heterocycles. The molecule has 1 aromatic heterocycles. The maximum absolute atomic E-state index is 13.3. The molecule has 176 valence electrons. The van der Waals surface area contributed by atoms with E-state index < -0.39 is 23.3 Å². The minimum Gasteiger partial charge on any atom is -0.468 e. The van der Waals surface area contributed by atoms with Gasteiger partial charge in [-0.05, 0) is 37.1 Å². The van der Waals surface area contributed by atoms with Crippen LogP contribution in [-0.4, -0.2) is 37.2 Å². The molecule has 0 amide bonds. The van der Waals surface area contributed by atoms with E-state index in [2.05, 4.69) is 16.4 Å². The largest absolute Gasteiger partial charge is 0.468 e. The Labute approximate surface area is 207 Å². The number of rotatable bonds is 4. The first-order valence-electron chi connectivity index (χ1n) is 10.7. The van der Waals surface area contributed by atoms with Gasteiger partial charge in [-0.3, -0.25) is 4.79 Å². The molecule has 3 atom stereocenters. The van der Waals surface area contributed by atoms with E-state index in [0.29, 0.717) is 16.3 Å². The molecule has 0 fully saturated rings. The SMILES string of the molecule is COC(=O)C1=C(C)NC(C)C(C(=O)OC)(c2ccccc2)C1c1nccs1.Clc1ccc2cc1-2. The number of carbonyl (C=O) groups excluding carboxylic acids is 2. The van der Waals surface area contributed by atoms with E-state index in [1.54, 1.807) is 6.20 Å². The van der Waals surface area contributed by atoms with E-state index in [9.17, 15) is 9.59 Å². The van der Waals surface area contributed by atoms with Crippen LogP contribution in [0, 0.1) is 0 Å². The monoisotopic (exact) mass is 496 g/mol. The maximum Gasteiger partial charge on any atom is 0.336 e. The second-order valence-corrected chi connectivity index (χ2v) is 9.45. The summed E-state index contributed by atoms with van der Waals surface area (Å²) < 4.78 is 10.3. The molecule has 1 aliphatic heterocycles. The number of methoxy groups -OCH3 is 2. The van der Waals surface area contributed by atoms with Crippen LogP contribution in [0.2, 0.25) is 5.02 Å². The van der Waals surface area contributed by atoms with Crippen molar-refractivity contribution in [2.45, 2.75) is 31.2 Å². The highest BCUT2D eigenvalue weighted by Crippen LogP contribution is 2.51. The van der Waals surface area contributed by atoms with E-state index in [1.807, 2.05) is 61.7 Å². The molecule has 1 N–H and O–H groups in total. The Hall–Kier alpha value is -3.16. The van der Waals surface area contributed by atoms with Crippen LogP contribution in [0.4, 0.5) is 0 Å². The summed E-state index contributed by atoms with van der Waals surface area (Å²) in [4.78, 5) is 30.5. The van der Waals surface area contributed by atoms with Gasteiger partial charge < -0.3 is 14.8 Å². The van der Waals surface area contributed by atoms with Crippen molar-refractivity contribution < 1.29 is 19.1 Å². The second kappa shape index (κ2) is 9.60. The highest BCUT2D eigenvalue weighted by molar-refractivity contribution is 7.09. The third-order valence-electron chi connectivity index (χ3n) is 6.34. The number of fused-ring (bicyclic) bond motifs is 1. The zero-order valence-electron chi connectivity index (χ0n) is 19.3. The fourth-order valence-corrected chi connectivity index (χ4v) is 5.76.